The fourth-order valence-corrected chi connectivity index (χ4v) is 4.10. The molecule has 1 aromatic carbocycles. The summed E-state index contributed by atoms with van der Waals surface area (Å²) in [6, 6.07) is 7.50. The molecule has 3 aromatic heterocycles. The summed E-state index contributed by atoms with van der Waals surface area (Å²) in [4.78, 5) is 28.9. The monoisotopic (exact) mass is 407 g/mol. The number of hydrogen-bond acceptors (Lipinski definition) is 7. The van der Waals surface area contributed by atoms with Gasteiger partial charge in [-0.25, -0.2) is 15.0 Å². The number of aromatic amines is 1. The Hall–Kier alpha value is -3.71. The number of nitriles is 1. The van der Waals surface area contributed by atoms with E-state index in [0.717, 1.165) is 10.5 Å². The lowest BCUT2D eigenvalue weighted by Gasteiger charge is -2.05. The molecule has 0 radical (unpaired) electrons. The highest BCUT2D eigenvalue weighted by Crippen LogP contribution is 2.27. The van der Waals surface area contributed by atoms with Gasteiger partial charge in [0.15, 0.2) is 5.69 Å². The van der Waals surface area contributed by atoms with Crippen LogP contribution in [-0.4, -0.2) is 37.5 Å². The Labute approximate surface area is 170 Å². The van der Waals surface area contributed by atoms with Gasteiger partial charge >= 0.3 is 0 Å². The Morgan fingerprint density at radius 3 is 2.79 bits per heavy atom. The van der Waals surface area contributed by atoms with Gasteiger partial charge in [0.2, 0.25) is 5.95 Å². The molecule has 0 saturated heterocycles. The van der Waals surface area contributed by atoms with Crippen LogP contribution in [0.3, 0.4) is 0 Å². The number of ether oxygens (including phenoxy) is 1. The molecular weight excluding hydrogens is 390 g/mol. The maximum atomic E-state index is 12.8. The summed E-state index contributed by atoms with van der Waals surface area (Å²) in [6.07, 6.45) is 0. The summed E-state index contributed by atoms with van der Waals surface area (Å²) in [7, 11) is 1.59. The van der Waals surface area contributed by atoms with Crippen LogP contribution in [0.2, 0.25) is 0 Å². The molecule has 1 amide bonds. The number of aryl methyl sites for hydroxylation is 2. The lowest BCUT2D eigenvalue weighted by molar-refractivity contribution is 0.102. The second-order valence-electron chi connectivity index (χ2n) is 6.35. The topological polar surface area (TPSA) is 122 Å². The fourth-order valence-electron chi connectivity index (χ4n) is 3.14. The number of thiazole rings is 1. The van der Waals surface area contributed by atoms with Gasteiger partial charge in [-0.1, -0.05) is 11.3 Å². The molecule has 0 saturated carbocycles. The number of hydrogen-bond donors (Lipinski definition) is 2. The third kappa shape index (κ3) is 3.21. The van der Waals surface area contributed by atoms with Crippen molar-refractivity contribution in [2.75, 3.05) is 12.4 Å². The summed E-state index contributed by atoms with van der Waals surface area (Å²) >= 11 is 1.38. The van der Waals surface area contributed by atoms with Gasteiger partial charge in [-0.3, -0.25) is 14.7 Å². The van der Waals surface area contributed by atoms with Gasteiger partial charge in [0.1, 0.15) is 28.3 Å². The van der Waals surface area contributed by atoms with E-state index in [-0.39, 0.29) is 5.69 Å². The van der Waals surface area contributed by atoms with Crippen molar-refractivity contribution in [3.63, 3.8) is 0 Å². The summed E-state index contributed by atoms with van der Waals surface area (Å²) in [5.74, 6) is 1.21. The molecule has 9 nitrogen and oxygen atoms in total. The predicted octanol–water partition coefficient (Wildman–Crippen LogP) is 3.26. The third-order valence-electron chi connectivity index (χ3n) is 4.44. The van der Waals surface area contributed by atoms with Crippen LogP contribution in [0.15, 0.2) is 18.2 Å². The Balaban J connectivity index is 1.67. The van der Waals surface area contributed by atoms with Crippen LogP contribution >= 0.6 is 11.3 Å². The first kappa shape index (κ1) is 18.6. The quantitative estimate of drug-likeness (QED) is 0.535. The van der Waals surface area contributed by atoms with Crippen molar-refractivity contribution >= 4 is 34.2 Å². The van der Waals surface area contributed by atoms with E-state index in [1.165, 1.54) is 11.3 Å². The van der Waals surface area contributed by atoms with Gasteiger partial charge in [-0.15, -0.1) is 0 Å². The largest absolute Gasteiger partial charge is 0.497 e. The number of imidazole rings is 2. The van der Waals surface area contributed by atoms with Crippen molar-refractivity contribution in [3.8, 4) is 16.8 Å². The summed E-state index contributed by atoms with van der Waals surface area (Å²) in [5.41, 5.74) is 2.65. The SMILES string of the molecule is COc1ccc2nc(NC(=O)c3nc(C)n(-c4sc(C)nc4C#N)c3C)[nH]c2c1. The molecule has 10 heteroatoms. The minimum atomic E-state index is -0.393. The van der Waals surface area contributed by atoms with Crippen molar-refractivity contribution in [3.05, 3.63) is 46.1 Å². The predicted molar refractivity (Wildman–Crippen MR) is 109 cm³/mol. The number of amides is 1. The number of methoxy groups -OCH3 is 1. The highest BCUT2D eigenvalue weighted by atomic mass is 32.1. The number of aromatic nitrogens is 5. The highest BCUT2D eigenvalue weighted by molar-refractivity contribution is 7.14. The number of carbonyl (C=O) groups is 1. The maximum absolute atomic E-state index is 12.8. The van der Waals surface area contributed by atoms with Crippen molar-refractivity contribution in [2.24, 2.45) is 0 Å². The van der Waals surface area contributed by atoms with Gasteiger partial charge in [-0.05, 0) is 32.9 Å². The zero-order chi connectivity index (χ0) is 20.7. The van der Waals surface area contributed by atoms with Crippen LogP contribution in [0.5, 0.6) is 5.75 Å². The first-order valence-corrected chi connectivity index (χ1v) is 9.52. The lowest BCUT2D eigenvalue weighted by Crippen LogP contribution is -2.15. The van der Waals surface area contributed by atoms with Gasteiger partial charge in [-0.2, -0.15) is 5.26 Å². The smallest absolute Gasteiger partial charge is 0.278 e. The van der Waals surface area contributed by atoms with E-state index < -0.39 is 5.91 Å². The highest BCUT2D eigenvalue weighted by Gasteiger charge is 2.23. The van der Waals surface area contributed by atoms with Crippen molar-refractivity contribution in [1.29, 1.82) is 5.26 Å². The molecule has 0 aliphatic carbocycles. The van der Waals surface area contributed by atoms with E-state index in [9.17, 15) is 10.1 Å². The van der Waals surface area contributed by atoms with Crippen molar-refractivity contribution in [1.82, 2.24) is 24.5 Å². The Morgan fingerprint density at radius 2 is 2.07 bits per heavy atom. The number of fused-ring (bicyclic) bond motifs is 1. The molecule has 0 atom stereocenters. The zero-order valence-corrected chi connectivity index (χ0v) is 17.0. The molecule has 3 heterocycles. The van der Waals surface area contributed by atoms with Gasteiger partial charge in [0.25, 0.3) is 5.91 Å². The molecule has 0 spiro atoms. The fraction of sp³-hybridized carbons (Fsp3) is 0.211. The molecule has 0 fully saturated rings. The number of benzene rings is 1. The molecule has 0 aliphatic rings. The van der Waals surface area contributed by atoms with Crippen LogP contribution in [0.1, 0.15) is 32.7 Å². The van der Waals surface area contributed by atoms with E-state index in [1.54, 1.807) is 43.7 Å². The molecule has 146 valence electrons. The van der Waals surface area contributed by atoms with E-state index in [0.29, 0.717) is 39.4 Å². The van der Waals surface area contributed by atoms with E-state index in [1.807, 2.05) is 6.92 Å². The first-order valence-electron chi connectivity index (χ1n) is 8.70. The number of H-pyrrole nitrogens is 1. The van der Waals surface area contributed by atoms with Crippen LogP contribution in [-0.2, 0) is 0 Å². The minimum Gasteiger partial charge on any atom is -0.497 e. The van der Waals surface area contributed by atoms with Crippen LogP contribution in [0.4, 0.5) is 5.95 Å². The van der Waals surface area contributed by atoms with Gasteiger partial charge in [0, 0.05) is 6.07 Å². The molecule has 0 unspecified atom stereocenters. The van der Waals surface area contributed by atoms with E-state index in [2.05, 4.69) is 31.3 Å². The number of carbonyl (C=O) groups excluding carboxylic acids is 1. The van der Waals surface area contributed by atoms with Gasteiger partial charge in [0.05, 0.1) is 28.8 Å². The standard InChI is InChI=1S/C19H17N7O2S/c1-9-16(21-10(2)26(9)18-15(8-20)22-11(3)29-18)17(27)25-19-23-13-6-5-12(28-4)7-14(13)24-19/h5-7H,1-4H3,(H2,23,24,25,27). The second kappa shape index (κ2) is 7.03. The second-order valence-corrected chi connectivity index (χ2v) is 7.53. The zero-order valence-electron chi connectivity index (χ0n) is 16.2. The summed E-state index contributed by atoms with van der Waals surface area (Å²) in [5, 5.41) is 13.5. The van der Waals surface area contributed by atoms with E-state index >= 15 is 0 Å². The third-order valence-corrected chi connectivity index (χ3v) is 5.39. The Kier molecular flexibility index (Phi) is 4.52. The molecule has 2 N–H and O–H groups in total. The molecule has 0 aliphatic heterocycles. The average molecular weight is 407 g/mol. The molecule has 0 bridgehead atoms. The van der Waals surface area contributed by atoms with Crippen LogP contribution in [0, 0.1) is 32.1 Å². The Bertz CT molecular complexity index is 1290. The maximum Gasteiger partial charge on any atom is 0.278 e. The number of nitrogens with zero attached hydrogens (tertiary/aromatic N) is 5. The number of anilines is 1. The lowest BCUT2D eigenvalue weighted by atomic mass is 10.3. The molecule has 4 aromatic rings. The Morgan fingerprint density at radius 1 is 1.28 bits per heavy atom. The normalized spacial score (nSPS) is 10.9. The summed E-state index contributed by atoms with van der Waals surface area (Å²) in [6.45, 7) is 5.41. The molecular formula is C19H17N7O2S. The van der Waals surface area contributed by atoms with Crippen molar-refractivity contribution < 1.29 is 9.53 Å². The van der Waals surface area contributed by atoms with Crippen molar-refractivity contribution in [2.45, 2.75) is 20.8 Å². The summed E-state index contributed by atoms with van der Waals surface area (Å²) < 4.78 is 6.98. The molecule has 4 rings (SSSR count). The molecule has 29 heavy (non-hydrogen) atoms. The number of nitrogens with one attached hydrogen (secondary N) is 2. The van der Waals surface area contributed by atoms with E-state index in [4.69, 9.17) is 4.74 Å². The van der Waals surface area contributed by atoms with Crippen LogP contribution in [0.25, 0.3) is 16.0 Å². The van der Waals surface area contributed by atoms with Crippen LogP contribution < -0.4 is 10.1 Å². The first-order chi connectivity index (χ1) is 13.9. The van der Waals surface area contributed by atoms with Gasteiger partial charge < -0.3 is 9.72 Å². The average Bonchev–Trinajstić information content (AvgIpc) is 3.35. The minimum absolute atomic E-state index is 0.260. The number of rotatable bonds is 4.